The van der Waals surface area contributed by atoms with Crippen molar-refractivity contribution < 1.29 is 19.1 Å². The van der Waals surface area contributed by atoms with Crippen molar-refractivity contribution in [1.29, 1.82) is 0 Å². The van der Waals surface area contributed by atoms with Gasteiger partial charge >= 0.3 is 5.97 Å². The molecule has 0 aromatic heterocycles. The Bertz CT molecular complexity index is 861. The minimum Gasteiger partial charge on any atom is -0.457 e. The van der Waals surface area contributed by atoms with Crippen molar-refractivity contribution in [2.24, 2.45) is 0 Å². The number of nitrogens with one attached hydrogen (secondary N) is 1. The van der Waals surface area contributed by atoms with E-state index in [0.29, 0.717) is 16.1 Å². The number of halogens is 1. The molecule has 3 rings (SSSR count). The molecule has 0 saturated heterocycles. The molecule has 0 fully saturated rings. The number of amides is 1. The molecule has 1 amide bonds. The molecule has 0 atom stereocenters. The van der Waals surface area contributed by atoms with Crippen molar-refractivity contribution in [2.75, 3.05) is 13.2 Å². The summed E-state index contributed by atoms with van der Waals surface area (Å²) in [5.74, 6) is -1.04. The molecule has 0 heterocycles. The number of benzene rings is 2. The first kappa shape index (κ1) is 19.1. The van der Waals surface area contributed by atoms with E-state index in [-0.39, 0.29) is 31.3 Å². The van der Waals surface area contributed by atoms with Crippen LogP contribution in [0.15, 0.2) is 42.5 Å². The van der Waals surface area contributed by atoms with Crippen LogP contribution in [0.1, 0.15) is 44.7 Å². The normalized spacial score (nSPS) is 12.3. The summed E-state index contributed by atoms with van der Waals surface area (Å²) in [6.45, 7) is -0.157. The minimum atomic E-state index is -0.527. The van der Waals surface area contributed by atoms with Crippen LogP contribution in [0.3, 0.4) is 0 Å². The summed E-state index contributed by atoms with van der Waals surface area (Å²) in [7, 11) is 0. The molecule has 0 bridgehead atoms. The summed E-state index contributed by atoms with van der Waals surface area (Å²) >= 11 is 5.77. The van der Waals surface area contributed by atoms with E-state index in [4.69, 9.17) is 16.3 Å². The Morgan fingerprint density at radius 2 is 1.67 bits per heavy atom. The zero-order valence-corrected chi connectivity index (χ0v) is 15.6. The van der Waals surface area contributed by atoms with Crippen LogP contribution in [0.4, 0.5) is 0 Å². The molecule has 0 saturated carbocycles. The van der Waals surface area contributed by atoms with Crippen molar-refractivity contribution in [2.45, 2.75) is 25.7 Å². The van der Waals surface area contributed by atoms with Gasteiger partial charge in [-0.1, -0.05) is 23.7 Å². The number of ketones is 1. The van der Waals surface area contributed by atoms with Gasteiger partial charge in [0.1, 0.15) is 0 Å². The molecule has 1 aliphatic rings. The summed E-state index contributed by atoms with van der Waals surface area (Å²) < 4.78 is 5.02. The number of ether oxygens (including phenoxy) is 1. The number of hydrogen-bond acceptors (Lipinski definition) is 4. The van der Waals surface area contributed by atoms with Crippen LogP contribution >= 0.6 is 11.6 Å². The van der Waals surface area contributed by atoms with Crippen LogP contribution in [0.2, 0.25) is 5.02 Å². The van der Waals surface area contributed by atoms with Gasteiger partial charge in [-0.2, -0.15) is 0 Å². The average molecular weight is 386 g/mol. The van der Waals surface area contributed by atoms with Crippen molar-refractivity contribution in [3.05, 3.63) is 69.7 Å². The predicted molar refractivity (Wildman–Crippen MR) is 102 cm³/mol. The lowest BCUT2D eigenvalue weighted by molar-refractivity contribution is -0.142. The third-order valence-corrected chi connectivity index (χ3v) is 4.76. The molecule has 6 heteroatoms. The van der Waals surface area contributed by atoms with E-state index in [1.807, 2.05) is 12.1 Å². The third kappa shape index (κ3) is 5.17. The molecule has 5 nitrogen and oxygen atoms in total. The second-order valence-corrected chi connectivity index (χ2v) is 6.87. The van der Waals surface area contributed by atoms with E-state index in [1.54, 1.807) is 30.3 Å². The Kier molecular flexibility index (Phi) is 6.24. The average Bonchev–Trinajstić information content (AvgIpc) is 3.14. The Labute approximate surface area is 162 Å². The first-order valence-electron chi connectivity index (χ1n) is 8.87. The SMILES string of the molecule is O=C(CCNC(=O)c1ccc(Cl)cc1)OCC(=O)c1ccc2c(c1)CCC2. The van der Waals surface area contributed by atoms with Gasteiger partial charge in [0.05, 0.1) is 6.42 Å². The van der Waals surface area contributed by atoms with Crippen molar-refractivity contribution in [3.63, 3.8) is 0 Å². The summed E-state index contributed by atoms with van der Waals surface area (Å²) in [6, 6.07) is 12.1. The fourth-order valence-corrected chi connectivity index (χ4v) is 3.15. The predicted octanol–water partition coefficient (Wildman–Crippen LogP) is 3.37. The molecular formula is C21H20ClNO4. The first-order chi connectivity index (χ1) is 13.0. The summed E-state index contributed by atoms with van der Waals surface area (Å²) in [6.07, 6.45) is 3.16. The van der Waals surface area contributed by atoms with Gasteiger partial charge in [-0.3, -0.25) is 14.4 Å². The zero-order chi connectivity index (χ0) is 19.2. The van der Waals surface area contributed by atoms with Gasteiger partial charge < -0.3 is 10.1 Å². The highest BCUT2D eigenvalue weighted by Gasteiger charge is 2.15. The van der Waals surface area contributed by atoms with Crippen molar-refractivity contribution >= 4 is 29.3 Å². The van der Waals surface area contributed by atoms with Crippen LogP contribution < -0.4 is 5.32 Å². The van der Waals surface area contributed by atoms with Crippen molar-refractivity contribution in [1.82, 2.24) is 5.32 Å². The van der Waals surface area contributed by atoms with E-state index in [2.05, 4.69) is 5.32 Å². The molecule has 0 aliphatic heterocycles. The van der Waals surface area contributed by atoms with E-state index < -0.39 is 5.97 Å². The molecule has 0 spiro atoms. The van der Waals surface area contributed by atoms with E-state index in [9.17, 15) is 14.4 Å². The number of esters is 1. The fourth-order valence-electron chi connectivity index (χ4n) is 3.03. The van der Waals surface area contributed by atoms with Crippen LogP contribution in [0.5, 0.6) is 0 Å². The lowest BCUT2D eigenvalue weighted by Gasteiger charge is -2.07. The molecule has 0 unspecified atom stereocenters. The highest BCUT2D eigenvalue weighted by molar-refractivity contribution is 6.30. The Morgan fingerprint density at radius 1 is 0.963 bits per heavy atom. The Morgan fingerprint density at radius 3 is 2.44 bits per heavy atom. The second-order valence-electron chi connectivity index (χ2n) is 6.43. The topological polar surface area (TPSA) is 72.5 Å². The molecular weight excluding hydrogens is 366 g/mol. The molecule has 1 N–H and O–H groups in total. The number of carbonyl (C=O) groups excluding carboxylic acids is 3. The molecule has 2 aromatic carbocycles. The number of aryl methyl sites for hydroxylation is 2. The van der Waals surface area contributed by atoms with Gasteiger partial charge in [0.15, 0.2) is 12.4 Å². The van der Waals surface area contributed by atoms with Gasteiger partial charge in [0.2, 0.25) is 0 Å². The van der Waals surface area contributed by atoms with Crippen LogP contribution in [-0.2, 0) is 22.4 Å². The summed E-state index contributed by atoms with van der Waals surface area (Å²) in [5, 5.41) is 3.17. The van der Waals surface area contributed by atoms with E-state index in [1.165, 1.54) is 11.1 Å². The van der Waals surface area contributed by atoms with Crippen LogP contribution in [0, 0.1) is 0 Å². The number of Topliss-reactive ketones (excluding diaryl/α,β-unsaturated/α-hetero) is 1. The molecule has 140 valence electrons. The quantitative estimate of drug-likeness (QED) is 0.585. The van der Waals surface area contributed by atoms with Crippen molar-refractivity contribution in [3.8, 4) is 0 Å². The number of carbonyl (C=O) groups is 3. The van der Waals surface area contributed by atoms with Crippen LogP contribution in [-0.4, -0.2) is 30.8 Å². The standard InChI is InChI=1S/C21H20ClNO4/c22-18-8-6-15(7-9-18)21(26)23-11-10-20(25)27-13-19(24)17-5-4-14-2-1-3-16(14)12-17/h4-9,12H,1-3,10-11,13H2,(H,23,26). The number of hydrogen-bond donors (Lipinski definition) is 1. The smallest absolute Gasteiger partial charge is 0.308 e. The first-order valence-corrected chi connectivity index (χ1v) is 9.25. The largest absolute Gasteiger partial charge is 0.457 e. The molecule has 0 radical (unpaired) electrons. The van der Waals surface area contributed by atoms with Gasteiger partial charge in [-0.05, 0) is 60.7 Å². The Balaban J connectivity index is 1.40. The minimum absolute atomic E-state index is 0.00318. The maximum atomic E-state index is 12.2. The highest BCUT2D eigenvalue weighted by Crippen LogP contribution is 2.23. The lowest BCUT2D eigenvalue weighted by atomic mass is 10.0. The second kappa shape index (κ2) is 8.82. The number of rotatable bonds is 7. The van der Waals surface area contributed by atoms with Gasteiger partial charge in [-0.15, -0.1) is 0 Å². The zero-order valence-electron chi connectivity index (χ0n) is 14.8. The van der Waals surface area contributed by atoms with Gasteiger partial charge in [0.25, 0.3) is 5.91 Å². The van der Waals surface area contributed by atoms with Gasteiger partial charge in [-0.25, -0.2) is 0 Å². The highest BCUT2D eigenvalue weighted by atomic mass is 35.5. The fraction of sp³-hybridized carbons (Fsp3) is 0.286. The Hall–Kier alpha value is -2.66. The third-order valence-electron chi connectivity index (χ3n) is 4.51. The van der Waals surface area contributed by atoms with Gasteiger partial charge in [0, 0.05) is 22.7 Å². The van der Waals surface area contributed by atoms with E-state index in [0.717, 1.165) is 19.3 Å². The monoisotopic (exact) mass is 385 g/mol. The lowest BCUT2D eigenvalue weighted by Crippen LogP contribution is -2.27. The maximum absolute atomic E-state index is 12.2. The number of fused-ring (bicyclic) bond motifs is 1. The molecule has 1 aliphatic carbocycles. The molecule has 27 heavy (non-hydrogen) atoms. The maximum Gasteiger partial charge on any atom is 0.308 e. The van der Waals surface area contributed by atoms with E-state index >= 15 is 0 Å². The summed E-state index contributed by atoms with van der Waals surface area (Å²) in [5.41, 5.74) is 3.52. The van der Waals surface area contributed by atoms with Crippen LogP contribution in [0.25, 0.3) is 0 Å². The summed E-state index contributed by atoms with van der Waals surface area (Å²) in [4.78, 5) is 35.9. The molecule has 2 aromatic rings.